The second kappa shape index (κ2) is 4.23. The Balaban J connectivity index is 2.54. The fraction of sp³-hybridized carbons (Fsp3) is 0.200. The largest absolute Gasteiger partial charge is 0.609 e. The normalized spacial score (nSPS) is 12.8. The van der Waals surface area contributed by atoms with Crippen LogP contribution in [0.5, 0.6) is 0 Å². The van der Waals surface area contributed by atoms with Crippen molar-refractivity contribution in [3.8, 4) is 11.4 Å². The first-order valence-corrected chi connectivity index (χ1v) is 6.15. The SMILES string of the molecule is Cn1c(-c2ccccc2F)nnc1[S+](C)[O-]. The Kier molecular flexibility index (Phi) is 2.93. The van der Waals surface area contributed by atoms with Gasteiger partial charge in [0.05, 0.1) is 5.56 Å². The molecule has 0 aliphatic rings. The van der Waals surface area contributed by atoms with E-state index in [-0.39, 0.29) is 5.82 Å². The van der Waals surface area contributed by atoms with Gasteiger partial charge in [-0.3, -0.25) is 4.57 Å². The lowest BCUT2D eigenvalue weighted by molar-refractivity contribution is 0.583. The minimum absolute atomic E-state index is 0.332. The Morgan fingerprint density at radius 2 is 2.00 bits per heavy atom. The van der Waals surface area contributed by atoms with Gasteiger partial charge in [0.1, 0.15) is 12.1 Å². The van der Waals surface area contributed by atoms with E-state index in [1.165, 1.54) is 16.9 Å². The molecule has 0 fully saturated rings. The topological polar surface area (TPSA) is 53.8 Å². The number of hydrogen-bond donors (Lipinski definition) is 0. The summed E-state index contributed by atoms with van der Waals surface area (Å²) in [5, 5.41) is 7.96. The van der Waals surface area contributed by atoms with Gasteiger partial charge in [0, 0.05) is 18.2 Å². The van der Waals surface area contributed by atoms with Crippen LogP contribution in [0.2, 0.25) is 0 Å². The van der Waals surface area contributed by atoms with E-state index in [9.17, 15) is 8.94 Å². The fourth-order valence-corrected chi connectivity index (χ4v) is 2.07. The van der Waals surface area contributed by atoms with Crippen LogP contribution in [0.25, 0.3) is 11.4 Å². The second-order valence-electron chi connectivity index (χ2n) is 3.30. The van der Waals surface area contributed by atoms with E-state index in [0.717, 1.165) is 0 Å². The predicted octanol–water partition coefficient (Wildman–Crippen LogP) is 1.36. The van der Waals surface area contributed by atoms with Gasteiger partial charge in [-0.2, -0.15) is 0 Å². The quantitative estimate of drug-likeness (QED) is 0.743. The molecule has 0 saturated carbocycles. The lowest BCUT2D eigenvalue weighted by Gasteiger charge is -2.04. The summed E-state index contributed by atoms with van der Waals surface area (Å²) >= 11 is -1.23. The lowest BCUT2D eigenvalue weighted by Crippen LogP contribution is -2.06. The van der Waals surface area contributed by atoms with Crippen LogP contribution < -0.4 is 0 Å². The second-order valence-corrected chi connectivity index (χ2v) is 4.57. The van der Waals surface area contributed by atoms with Crippen LogP contribution in [0.1, 0.15) is 0 Å². The van der Waals surface area contributed by atoms with Crippen molar-refractivity contribution in [2.45, 2.75) is 5.16 Å². The van der Waals surface area contributed by atoms with Crippen molar-refractivity contribution >= 4 is 11.2 Å². The zero-order chi connectivity index (χ0) is 11.7. The summed E-state index contributed by atoms with van der Waals surface area (Å²) in [6, 6.07) is 6.29. The molecule has 1 atom stereocenters. The highest BCUT2D eigenvalue weighted by Gasteiger charge is 2.19. The summed E-state index contributed by atoms with van der Waals surface area (Å²) in [5.41, 5.74) is 0.356. The van der Waals surface area contributed by atoms with Crippen molar-refractivity contribution < 1.29 is 8.94 Å². The van der Waals surface area contributed by atoms with Crippen molar-refractivity contribution in [1.29, 1.82) is 0 Å². The Labute approximate surface area is 95.3 Å². The van der Waals surface area contributed by atoms with Gasteiger partial charge in [0.25, 0.3) is 0 Å². The minimum atomic E-state index is -1.23. The van der Waals surface area contributed by atoms with Gasteiger partial charge < -0.3 is 4.55 Å². The summed E-state index contributed by atoms with van der Waals surface area (Å²) in [4.78, 5) is 0. The molecule has 1 aromatic heterocycles. The molecule has 0 amide bonds. The number of aromatic nitrogens is 3. The van der Waals surface area contributed by atoms with E-state index in [0.29, 0.717) is 16.5 Å². The number of nitrogens with zero attached hydrogens (tertiary/aromatic N) is 3. The Bertz CT molecular complexity index is 513. The van der Waals surface area contributed by atoms with Crippen molar-refractivity contribution in [3.05, 3.63) is 30.1 Å². The summed E-state index contributed by atoms with van der Waals surface area (Å²) in [6.45, 7) is 0. The van der Waals surface area contributed by atoms with Crippen LogP contribution in [0.3, 0.4) is 0 Å². The highest BCUT2D eigenvalue weighted by atomic mass is 32.2. The van der Waals surface area contributed by atoms with Gasteiger partial charge in [-0.15, -0.1) is 5.10 Å². The van der Waals surface area contributed by atoms with E-state index in [4.69, 9.17) is 0 Å². The van der Waals surface area contributed by atoms with Gasteiger partial charge in [0.15, 0.2) is 5.82 Å². The summed E-state index contributed by atoms with van der Waals surface area (Å²) < 4.78 is 26.3. The average molecular weight is 239 g/mol. The van der Waals surface area contributed by atoms with Crippen molar-refractivity contribution in [2.24, 2.45) is 7.05 Å². The standard InChI is InChI=1S/C10H10FN3OS/c1-14-9(12-13-10(14)16(2)15)7-5-3-4-6-8(7)11/h3-6H,1-2H3. The Hall–Kier alpha value is -1.40. The fourth-order valence-electron chi connectivity index (χ4n) is 1.44. The molecule has 0 N–H and O–H groups in total. The molecule has 0 bridgehead atoms. The van der Waals surface area contributed by atoms with Crippen molar-refractivity contribution in [2.75, 3.05) is 6.26 Å². The minimum Gasteiger partial charge on any atom is -0.609 e. The van der Waals surface area contributed by atoms with Crippen LogP contribution >= 0.6 is 0 Å². The van der Waals surface area contributed by atoms with Gasteiger partial charge in [-0.25, -0.2) is 4.39 Å². The van der Waals surface area contributed by atoms with Crippen molar-refractivity contribution in [1.82, 2.24) is 14.8 Å². The lowest BCUT2D eigenvalue weighted by atomic mass is 10.2. The summed E-state index contributed by atoms with van der Waals surface area (Å²) in [6.07, 6.45) is 1.51. The molecule has 0 aliphatic carbocycles. The number of rotatable bonds is 2. The van der Waals surface area contributed by atoms with Crippen LogP contribution in [0, 0.1) is 5.82 Å². The molecule has 0 saturated heterocycles. The van der Waals surface area contributed by atoms with E-state index in [1.54, 1.807) is 25.2 Å². The first-order valence-electron chi connectivity index (χ1n) is 4.59. The molecule has 6 heteroatoms. The first kappa shape index (κ1) is 11.1. The van der Waals surface area contributed by atoms with Gasteiger partial charge in [-0.1, -0.05) is 17.2 Å². The Morgan fingerprint density at radius 1 is 1.31 bits per heavy atom. The monoisotopic (exact) mass is 239 g/mol. The molecule has 2 rings (SSSR count). The molecule has 4 nitrogen and oxygen atoms in total. The summed E-state index contributed by atoms with van der Waals surface area (Å²) in [7, 11) is 1.67. The van der Waals surface area contributed by atoms with E-state index < -0.39 is 11.2 Å². The third-order valence-corrected chi connectivity index (χ3v) is 3.08. The van der Waals surface area contributed by atoms with E-state index >= 15 is 0 Å². The van der Waals surface area contributed by atoms with Crippen LogP contribution in [-0.4, -0.2) is 25.6 Å². The molecule has 1 unspecified atom stereocenters. The number of halogens is 1. The molecular weight excluding hydrogens is 229 g/mol. The average Bonchev–Trinajstić information content (AvgIpc) is 2.61. The van der Waals surface area contributed by atoms with E-state index in [1.807, 2.05) is 0 Å². The zero-order valence-corrected chi connectivity index (χ0v) is 9.66. The first-order chi connectivity index (χ1) is 7.61. The Morgan fingerprint density at radius 3 is 2.56 bits per heavy atom. The van der Waals surface area contributed by atoms with Gasteiger partial charge in [0.2, 0.25) is 0 Å². The molecular formula is C10H10FN3OS. The van der Waals surface area contributed by atoms with Crippen molar-refractivity contribution in [3.63, 3.8) is 0 Å². The molecule has 84 valence electrons. The smallest absolute Gasteiger partial charge is 0.343 e. The molecule has 2 aromatic rings. The predicted molar refractivity (Wildman–Crippen MR) is 58.7 cm³/mol. The molecule has 0 spiro atoms. The third kappa shape index (κ3) is 1.81. The summed E-state index contributed by atoms with van der Waals surface area (Å²) in [5.74, 6) is 0.00901. The molecule has 16 heavy (non-hydrogen) atoms. The van der Waals surface area contributed by atoms with Crippen LogP contribution in [0.4, 0.5) is 4.39 Å². The maximum Gasteiger partial charge on any atom is 0.343 e. The maximum atomic E-state index is 13.5. The number of hydrogen-bond acceptors (Lipinski definition) is 3. The highest BCUT2D eigenvalue weighted by molar-refractivity contribution is 7.90. The zero-order valence-electron chi connectivity index (χ0n) is 8.85. The third-order valence-electron chi connectivity index (χ3n) is 2.21. The van der Waals surface area contributed by atoms with Gasteiger partial charge in [-0.05, 0) is 12.1 Å². The van der Waals surface area contributed by atoms with Crippen LogP contribution in [0.15, 0.2) is 29.4 Å². The van der Waals surface area contributed by atoms with Gasteiger partial charge >= 0.3 is 5.16 Å². The number of benzene rings is 1. The molecule has 1 heterocycles. The van der Waals surface area contributed by atoms with E-state index in [2.05, 4.69) is 10.2 Å². The van der Waals surface area contributed by atoms with Crippen LogP contribution in [-0.2, 0) is 18.2 Å². The molecule has 0 aliphatic heterocycles. The highest BCUT2D eigenvalue weighted by Crippen LogP contribution is 2.21. The molecule has 1 aromatic carbocycles. The maximum absolute atomic E-state index is 13.5. The molecule has 0 radical (unpaired) electrons.